The van der Waals surface area contributed by atoms with Crippen molar-refractivity contribution in [3.8, 4) is 17.1 Å². The van der Waals surface area contributed by atoms with Crippen molar-refractivity contribution in [1.29, 1.82) is 0 Å². The number of nitrogens with zero attached hydrogens (tertiary/aromatic N) is 3. The molecule has 1 fully saturated rings. The Hall–Kier alpha value is -2.76. The van der Waals surface area contributed by atoms with Gasteiger partial charge in [0.15, 0.2) is 0 Å². The molecule has 3 aromatic rings. The van der Waals surface area contributed by atoms with E-state index in [2.05, 4.69) is 31.4 Å². The lowest BCUT2D eigenvalue weighted by Gasteiger charge is -2.17. The van der Waals surface area contributed by atoms with Crippen LogP contribution in [0.5, 0.6) is 5.75 Å². The van der Waals surface area contributed by atoms with Crippen LogP contribution in [0.1, 0.15) is 30.7 Å². The highest BCUT2D eigenvalue weighted by Gasteiger charge is 2.27. The monoisotopic (exact) mass is 548 g/mol. The van der Waals surface area contributed by atoms with E-state index < -0.39 is 10.0 Å². The second kappa shape index (κ2) is 10.7. The van der Waals surface area contributed by atoms with Crippen LogP contribution in [-0.2, 0) is 27.8 Å². The first-order valence-electron chi connectivity index (χ1n) is 10.9. The quantitative estimate of drug-likeness (QED) is 0.434. The predicted octanol–water partition coefficient (Wildman–Crippen LogP) is 3.54. The molecule has 2 heterocycles. The summed E-state index contributed by atoms with van der Waals surface area (Å²) in [5.74, 6) is 1.05. The fourth-order valence-corrected chi connectivity index (χ4v) is 5.74. The summed E-state index contributed by atoms with van der Waals surface area (Å²) in [4.78, 5) is 17.0. The van der Waals surface area contributed by atoms with Gasteiger partial charge in [0, 0.05) is 29.5 Å². The topological polar surface area (TPSA) is 115 Å². The van der Waals surface area contributed by atoms with Gasteiger partial charge < -0.3 is 14.6 Å². The summed E-state index contributed by atoms with van der Waals surface area (Å²) in [5, 5.41) is 6.71. The molecule has 0 unspecified atom stereocenters. The molecule has 0 spiro atoms. The van der Waals surface area contributed by atoms with Crippen LogP contribution in [0.3, 0.4) is 0 Å². The molecule has 0 atom stereocenters. The summed E-state index contributed by atoms with van der Waals surface area (Å²) in [7, 11) is -2.03. The lowest BCUT2D eigenvalue weighted by atomic mass is 10.1. The number of hydrogen-bond acceptors (Lipinski definition) is 7. The minimum Gasteiger partial charge on any atom is -0.496 e. The smallest absolute Gasteiger partial charge is 0.246 e. The molecule has 2 aromatic carbocycles. The van der Waals surface area contributed by atoms with Crippen LogP contribution in [0.2, 0.25) is 0 Å². The zero-order chi connectivity index (χ0) is 24.1. The number of aryl methyl sites for hydroxylation is 1. The van der Waals surface area contributed by atoms with Crippen molar-refractivity contribution in [1.82, 2.24) is 19.8 Å². The molecule has 9 nitrogen and oxygen atoms in total. The third-order valence-corrected chi connectivity index (χ3v) is 7.95. The molecule has 1 saturated heterocycles. The van der Waals surface area contributed by atoms with Gasteiger partial charge in [0.1, 0.15) is 5.75 Å². The van der Waals surface area contributed by atoms with Crippen LogP contribution in [0.4, 0.5) is 0 Å². The lowest BCUT2D eigenvalue weighted by Crippen LogP contribution is -2.28. The molecule has 0 bridgehead atoms. The Balaban J connectivity index is 1.36. The van der Waals surface area contributed by atoms with Crippen LogP contribution >= 0.6 is 15.9 Å². The molecular formula is C23H25BrN4O5S. The van der Waals surface area contributed by atoms with Gasteiger partial charge in [-0.15, -0.1) is 0 Å². The largest absolute Gasteiger partial charge is 0.496 e. The maximum absolute atomic E-state index is 12.9. The minimum absolute atomic E-state index is 0.0976. The average molecular weight is 549 g/mol. The Kier molecular flexibility index (Phi) is 7.64. The molecule has 0 saturated carbocycles. The van der Waals surface area contributed by atoms with Gasteiger partial charge in [0.25, 0.3) is 0 Å². The highest BCUT2D eigenvalue weighted by atomic mass is 79.9. The number of carbonyl (C=O) groups is 1. The SMILES string of the molecule is COc1ccc(S(=O)(=O)N2CCCC2)cc1CCC(=O)NCc1nc(-c2cccc(Br)c2)no1. The Morgan fingerprint density at radius 3 is 2.74 bits per heavy atom. The lowest BCUT2D eigenvalue weighted by molar-refractivity contribution is -0.121. The summed E-state index contributed by atoms with van der Waals surface area (Å²) < 4.78 is 38.8. The molecule has 1 amide bonds. The normalized spacial score (nSPS) is 14.3. The van der Waals surface area contributed by atoms with Gasteiger partial charge in [-0.05, 0) is 55.2 Å². The highest BCUT2D eigenvalue weighted by molar-refractivity contribution is 9.10. The van der Waals surface area contributed by atoms with E-state index in [1.807, 2.05) is 24.3 Å². The van der Waals surface area contributed by atoms with E-state index in [1.54, 1.807) is 18.2 Å². The first kappa shape index (κ1) is 24.4. The number of carbonyl (C=O) groups excluding carboxylic acids is 1. The van der Waals surface area contributed by atoms with Crippen LogP contribution in [0.25, 0.3) is 11.4 Å². The van der Waals surface area contributed by atoms with E-state index in [-0.39, 0.29) is 23.8 Å². The molecule has 34 heavy (non-hydrogen) atoms. The number of methoxy groups -OCH3 is 1. The Morgan fingerprint density at radius 1 is 1.21 bits per heavy atom. The zero-order valence-electron chi connectivity index (χ0n) is 18.7. The summed E-state index contributed by atoms with van der Waals surface area (Å²) >= 11 is 3.41. The molecule has 1 aliphatic heterocycles. The fourth-order valence-electron chi connectivity index (χ4n) is 3.77. The van der Waals surface area contributed by atoms with Gasteiger partial charge in [-0.2, -0.15) is 9.29 Å². The van der Waals surface area contributed by atoms with Gasteiger partial charge in [0.05, 0.1) is 18.6 Å². The number of aromatic nitrogens is 2. The zero-order valence-corrected chi connectivity index (χ0v) is 21.1. The van der Waals surface area contributed by atoms with E-state index in [0.717, 1.165) is 22.9 Å². The highest BCUT2D eigenvalue weighted by Crippen LogP contribution is 2.27. The molecule has 1 aliphatic rings. The van der Waals surface area contributed by atoms with Gasteiger partial charge in [-0.1, -0.05) is 33.2 Å². The molecular weight excluding hydrogens is 524 g/mol. The van der Waals surface area contributed by atoms with Crippen molar-refractivity contribution in [2.45, 2.75) is 37.1 Å². The van der Waals surface area contributed by atoms with Crippen LogP contribution in [-0.4, -0.2) is 49.0 Å². The summed E-state index contributed by atoms with van der Waals surface area (Å²) in [6.45, 7) is 1.16. The van der Waals surface area contributed by atoms with E-state index in [9.17, 15) is 13.2 Å². The molecule has 180 valence electrons. The third kappa shape index (κ3) is 5.65. The minimum atomic E-state index is -3.55. The van der Waals surface area contributed by atoms with Crippen molar-refractivity contribution >= 4 is 31.9 Å². The molecule has 11 heteroatoms. The van der Waals surface area contributed by atoms with E-state index >= 15 is 0 Å². The maximum atomic E-state index is 12.9. The number of benzene rings is 2. The van der Waals surface area contributed by atoms with E-state index in [4.69, 9.17) is 9.26 Å². The number of ether oxygens (including phenoxy) is 1. The average Bonchev–Trinajstić information content (AvgIpc) is 3.54. The standard InChI is InChI=1S/C23H25BrN4O5S/c1-32-20-9-8-19(34(30,31)28-11-2-3-12-28)14-16(20)7-10-21(29)25-15-22-26-23(27-33-22)17-5-4-6-18(24)13-17/h4-6,8-9,13-14H,2-3,7,10-12,15H2,1H3,(H,25,29). The number of halogens is 1. The predicted molar refractivity (Wildman–Crippen MR) is 129 cm³/mol. The molecule has 0 aliphatic carbocycles. The van der Waals surface area contributed by atoms with Crippen molar-refractivity contribution in [3.63, 3.8) is 0 Å². The van der Waals surface area contributed by atoms with E-state index in [0.29, 0.717) is 42.5 Å². The number of amides is 1. The molecule has 0 radical (unpaired) electrons. The number of hydrogen-bond donors (Lipinski definition) is 1. The first-order chi connectivity index (χ1) is 16.4. The molecule has 4 rings (SSSR count). The fraction of sp³-hybridized carbons (Fsp3) is 0.348. The second-order valence-electron chi connectivity index (χ2n) is 7.88. The first-order valence-corrected chi connectivity index (χ1v) is 13.1. The molecule has 1 aromatic heterocycles. The van der Waals surface area contributed by atoms with Gasteiger partial charge in [0.2, 0.25) is 27.6 Å². The Morgan fingerprint density at radius 2 is 2.00 bits per heavy atom. The van der Waals surface area contributed by atoms with Gasteiger partial charge in [-0.3, -0.25) is 4.79 Å². The Bertz CT molecular complexity index is 1270. The van der Waals surface area contributed by atoms with Gasteiger partial charge >= 0.3 is 0 Å². The molecule has 1 N–H and O–H groups in total. The maximum Gasteiger partial charge on any atom is 0.246 e. The van der Waals surface area contributed by atoms with Crippen LogP contribution in [0.15, 0.2) is 56.4 Å². The summed E-state index contributed by atoms with van der Waals surface area (Å²) in [6.07, 6.45) is 2.21. The second-order valence-corrected chi connectivity index (χ2v) is 10.7. The van der Waals surface area contributed by atoms with Crippen LogP contribution in [0, 0.1) is 0 Å². The van der Waals surface area contributed by atoms with Crippen molar-refractivity contribution < 1.29 is 22.5 Å². The Labute approximate surface area is 206 Å². The third-order valence-electron chi connectivity index (χ3n) is 5.56. The number of sulfonamides is 1. The van der Waals surface area contributed by atoms with Crippen molar-refractivity contribution in [2.24, 2.45) is 0 Å². The number of nitrogens with one attached hydrogen (secondary N) is 1. The summed E-state index contributed by atoms with van der Waals surface area (Å²) in [6, 6.07) is 12.3. The van der Waals surface area contributed by atoms with E-state index in [1.165, 1.54) is 11.4 Å². The summed E-state index contributed by atoms with van der Waals surface area (Å²) in [5.41, 5.74) is 1.46. The van der Waals surface area contributed by atoms with Gasteiger partial charge in [-0.25, -0.2) is 8.42 Å². The van der Waals surface area contributed by atoms with Crippen LogP contribution < -0.4 is 10.1 Å². The van der Waals surface area contributed by atoms with Crippen molar-refractivity contribution in [2.75, 3.05) is 20.2 Å². The number of rotatable bonds is 9. The van der Waals surface area contributed by atoms with Crippen molar-refractivity contribution in [3.05, 3.63) is 58.4 Å².